The van der Waals surface area contributed by atoms with Crippen LogP contribution in [0.1, 0.15) is 23.1 Å². The Morgan fingerprint density at radius 2 is 2.10 bits per heavy atom. The Morgan fingerprint density at radius 1 is 1.33 bits per heavy atom. The molecule has 2 aromatic heterocycles. The van der Waals surface area contributed by atoms with E-state index < -0.39 is 10.0 Å². The molecule has 2 aromatic rings. The Hall–Kier alpha value is -1.78. The Labute approximate surface area is 122 Å². The van der Waals surface area contributed by atoms with E-state index in [1.54, 1.807) is 20.9 Å². The lowest BCUT2D eigenvalue weighted by Gasteiger charge is -2.07. The molecule has 0 unspecified atom stereocenters. The molecule has 2 heterocycles. The zero-order chi connectivity index (χ0) is 15.5. The van der Waals surface area contributed by atoms with Crippen LogP contribution in [0.25, 0.3) is 0 Å². The number of hydrogen-bond donors (Lipinski definition) is 3. The first-order chi connectivity index (χ1) is 9.94. The van der Waals surface area contributed by atoms with Crippen LogP contribution in [0.5, 0.6) is 0 Å². The summed E-state index contributed by atoms with van der Waals surface area (Å²) in [5.41, 5.74) is 0.959. The summed E-state index contributed by atoms with van der Waals surface area (Å²) in [4.78, 5) is 4.20. The maximum Gasteiger partial charge on any atom is 0.244 e. The average Bonchev–Trinajstić information content (AvgIpc) is 2.97. The molecule has 0 aromatic carbocycles. The minimum absolute atomic E-state index is 0.182. The standard InChI is InChI=1S/C11H18N6O3S/c1-7-11(9(6-12-3)16-15-7)21(18,19)13-5-4-10-14-8(2)20-17-10/h12-13H,4-6H2,1-3H3,(H,15,16). The number of aromatic nitrogens is 4. The van der Waals surface area contributed by atoms with Gasteiger partial charge in [-0.2, -0.15) is 10.1 Å². The molecule has 0 aliphatic carbocycles. The van der Waals surface area contributed by atoms with Crippen molar-refractivity contribution in [1.29, 1.82) is 0 Å². The topological polar surface area (TPSA) is 126 Å². The summed E-state index contributed by atoms with van der Waals surface area (Å²) in [6, 6.07) is 0. The van der Waals surface area contributed by atoms with Gasteiger partial charge >= 0.3 is 0 Å². The van der Waals surface area contributed by atoms with Crippen molar-refractivity contribution in [2.24, 2.45) is 0 Å². The Kier molecular flexibility index (Phi) is 4.70. The molecule has 21 heavy (non-hydrogen) atoms. The zero-order valence-electron chi connectivity index (χ0n) is 12.1. The van der Waals surface area contributed by atoms with Gasteiger partial charge < -0.3 is 9.84 Å². The van der Waals surface area contributed by atoms with E-state index in [-0.39, 0.29) is 11.4 Å². The SMILES string of the molecule is CNCc1n[nH]c(C)c1S(=O)(=O)NCCc1noc(C)n1. The third kappa shape index (κ3) is 3.65. The number of H-pyrrole nitrogens is 1. The Bertz CT molecular complexity index is 705. The van der Waals surface area contributed by atoms with E-state index in [1.807, 2.05) is 0 Å². The van der Waals surface area contributed by atoms with Gasteiger partial charge in [0.05, 0.1) is 11.4 Å². The number of hydrogen-bond acceptors (Lipinski definition) is 7. The summed E-state index contributed by atoms with van der Waals surface area (Å²) < 4.78 is 32.0. The molecule has 0 aliphatic rings. The van der Waals surface area contributed by atoms with E-state index in [0.29, 0.717) is 36.1 Å². The van der Waals surface area contributed by atoms with Crippen molar-refractivity contribution in [3.8, 4) is 0 Å². The van der Waals surface area contributed by atoms with Crippen molar-refractivity contribution in [2.75, 3.05) is 13.6 Å². The van der Waals surface area contributed by atoms with Crippen LogP contribution < -0.4 is 10.0 Å². The van der Waals surface area contributed by atoms with Crippen LogP contribution in [0.3, 0.4) is 0 Å². The molecule has 0 radical (unpaired) electrons. The Morgan fingerprint density at radius 3 is 2.71 bits per heavy atom. The van der Waals surface area contributed by atoms with Crippen molar-refractivity contribution in [1.82, 2.24) is 30.4 Å². The molecule has 0 bridgehead atoms. The van der Waals surface area contributed by atoms with Gasteiger partial charge in [0.15, 0.2) is 5.82 Å². The second-order valence-corrected chi connectivity index (χ2v) is 6.24. The molecular formula is C11H18N6O3S. The van der Waals surface area contributed by atoms with Crippen molar-refractivity contribution < 1.29 is 12.9 Å². The largest absolute Gasteiger partial charge is 0.340 e. The molecule has 0 spiro atoms. The van der Waals surface area contributed by atoms with Gasteiger partial charge in [0.25, 0.3) is 0 Å². The van der Waals surface area contributed by atoms with Gasteiger partial charge in [0, 0.05) is 26.4 Å². The van der Waals surface area contributed by atoms with Crippen LogP contribution >= 0.6 is 0 Å². The van der Waals surface area contributed by atoms with Crippen LogP contribution in [0, 0.1) is 13.8 Å². The number of aromatic amines is 1. The average molecular weight is 314 g/mol. The van der Waals surface area contributed by atoms with Gasteiger partial charge in [0.2, 0.25) is 15.9 Å². The summed E-state index contributed by atoms with van der Waals surface area (Å²) in [6.45, 7) is 3.90. The van der Waals surface area contributed by atoms with Gasteiger partial charge in [-0.3, -0.25) is 5.10 Å². The highest BCUT2D eigenvalue weighted by molar-refractivity contribution is 7.89. The first-order valence-electron chi connectivity index (χ1n) is 6.41. The lowest BCUT2D eigenvalue weighted by molar-refractivity contribution is 0.387. The quantitative estimate of drug-likeness (QED) is 0.637. The normalized spacial score (nSPS) is 12.0. The smallest absolute Gasteiger partial charge is 0.244 e. The third-order valence-electron chi connectivity index (χ3n) is 2.78. The first-order valence-corrected chi connectivity index (χ1v) is 7.89. The van der Waals surface area contributed by atoms with Gasteiger partial charge in [0.1, 0.15) is 4.90 Å². The van der Waals surface area contributed by atoms with Crippen molar-refractivity contribution in [3.63, 3.8) is 0 Å². The molecule has 0 fully saturated rings. The molecule has 10 heteroatoms. The number of rotatable bonds is 7. The predicted molar refractivity (Wildman–Crippen MR) is 74.0 cm³/mol. The summed E-state index contributed by atoms with van der Waals surface area (Å²) in [7, 11) is -1.91. The van der Waals surface area contributed by atoms with Crippen LogP contribution in [0.2, 0.25) is 0 Å². The van der Waals surface area contributed by atoms with Crippen LogP contribution in [-0.2, 0) is 23.0 Å². The summed E-state index contributed by atoms with van der Waals surface area (Å²) in [5.74, 6) is 0.921. The summed E-state index contributed by atoms with van der Waals surface area (Å²) >= 11 is 0. The van der Waals surface area contributed by atoms with Gasteiger partial charge in [-0.1, -0.05) is 5.16 Å². The molecule has 0 aliphatic heterocycles. The molecule has 0 saturated carbocycles. The Balaban J connectivity index is 2.06. The highest BCUT2D eigenvalue weighted by Crippen LogP contribution is 2.17. The fourth-order valence-electron chi connectivity index (χ4n) is 1.93. The number of nitrogens with zero attached hydrogens (tertiary/aromatic N) is 3. The second kappa shape index (κ2) is 6.33. The third-order valence-corrected chi connectivity index (χ3v) is 4.45. The van der Waals surface area contributed by atoms with E-state index in [2.05, 4.69) is 30.4 Å². The molecule has 0 amide bonds. The van der Waals surface area contributed by atoms with Crippen LogP contribution in [0.15, 0.2) is 9.42 Å². The first kappa shape index (κ1) is 15.6. The van der Waals surface area contributed by atoms with Crippen molar-refractivity contribution in [3.05, 3.63) is 23.1 Å². The monoisotopic (exact) mass is 314 g/mol. The zero-order valence-corrected chi connectivity index (χ0v) is 12.9. The minimum Gasteiger partial charge on any atom is -0.340 e. The number of aryl methyl sites for hydroxylation is 2. The fraction of sp³-hybridized carbons (Fsp3) is 0.545. The molecular weight excluding hydrogens is 296 g/mol. The molecule has 9 nitrogen and oxygen atoms in total. The summed E-state index contributed by atoms with van der Waals surface area (Å²) in [5, 5.41) is 13.3. The predicted octanol–water partition coefficient (Wildman–Crippen LogP) is -0.350. The highest BCUT2D eigenvalue weighted by Gasteiger charge is 2.23. The van der Waals surface area contributed by atoms with Crippen molar-refractivity contribution >= 4 is 10.0 Å². The summed E-state index contributed by atoms with van der Waals surface area (Å²) in [6.07, 6.45) is 0.356. The number of sulfonamides is 1. The highest BCUT2D eigenvalue weighted by atomic mass is 32.2. The van der Waals surface area contributed by atoms with E-state index in [1.165, 1.54) is 0 Å². The van der Waals surface area contributed by atoms with Crippen LogP contribution in [0.4, 0.5) is 0 Å². The van der Waals surface area contributed by atoms with Gasteiger partial charge in [-0.25, -0.2) is 13.1 Å². The van der Waals surface area contributed by atoms with E-state index in [9.17, 15) is 8.42 Å². The number of nitrogens with one attached hydrogen (secondary N) is 3. The van der Waals surface area contributed by atoms with E-state index in [0.717, 1.165) is 0 Å². The molecule has 2 rings (SSSR count). The second-order valence-electron chi connectivity index (χ2n) is 4.53. The molecule has 116 valence electrons. The molecule has 3 N–H and O–H groups in total. The minimum atomic E-state index is -3.63. The molecule has 0 atom stereocenters. The maximum absolute atomic E-state index is 12.3. The van der Waals surface area contributed by atoms with Crippen LogP contribution in [-0.4, -0.2) is 42.3 Å². The van der Waals surface area contributed by atoms with E-state index >= 15 is 0 Å². The molecule has 0 saturated heterocycles. The lowest BCUT2D eigenvalue weighted by Crippen LogP contribution is -2.28. The fourth-order valence-corrected chi connectivity index (χ4v) is 3.32. The van der Waals surface area contributed by atoms with Crippen molar-refractivity contribution in [2.45, 2.75) is 31.7 Å². The lowest BCUT2D eigenvalue weighted by atomic mass is 10.4. The van der Waals surface area contributed by atoms with Gasteiger partial charge in [-0.05, 0) is 14.0 Å². The van der Waals surface area contributed by atoms with E-state index in [4.69, 9.17) is 4.52 Å². The maximum atomic E-state index is 12.3. The van der Waals surface area contributed by atoms with Gasteiger partial charge in [-0.15, -0.1) is 0 Å².